The normalized spacial score (nSPS) is 13.5. The van der Waals surface area contributed by atoms with E-state index in [-0.39, 0.29) is 24.0 Å². The lowest BCUT2D eigenvalue weighted by Crippen LogP contribution is -2.44. The predicted molar refractivity (Wildman–Crippen MR) is 123 cm³/mol. The monoisotopic (exact) mass is 553 g/mol. The Kier molecular flexibility index (Phi) is 9.91. The van der Waals surface area contributed by atoms with Crippen LogP contribution >= 0.6 is 51.2 Å². The largest absolute Gasteiger partial charge is 0.496 e. The Morgan fingerprint density at radius 3 is 2.69 bits per heavy atom. The van der Waals surface area contributed by atoms with Crippen molar-refractivity contribution in [1.82, 2.24) is 10.6 Å². The van der Waals surface area contributed by atoms with Crippen molar-refractivity contribution in [3.63, 3.8) is 0 Å². The van der Waals surface area contributed by atoms with Crippen LogP contribution in [0.3, 0.4) is 0 Å². The molecule has 0 spiro atoms. The molecule has 26 heavy (non-hydrogen) atoms. The highest BCUT2D eigenvalue weighted by Crippen LogP contribution is 2.26. The summed E-state index contributed by atoms with van der Waals surface area (Å²) in [4.78, 5) is 4.59. The van der Waals surface area contributed by atoms with Crippen LogP contribution < -0.4 is 15.4 Å². The molecule has 2 aromatic rings. The molecule has 0 aliphatic carbocycles. The number of methoxy groups -OCH3 is 1. The fraction of sp³-hybridized carbons (Fsp3) is 0.389. The molecule has 0 aliphatic rings. The molecule has 0 aliphatic heterocycles. The molecule has 0 amide bonds. The first kappa shape index (κ1) is 23.2. The van der Waals surface area contributed by atoms with Crippen molar-refractivity contribution < 1.29 is 9.84 Å². The van der Waals surface area contributed by atoms with Crippen molar-refractivity contribution in [3.8, 4) is 5.75 Å². The van der Waals surface area contributed by atoms with Crippen LogP contribution in [-0.2, 0) is 12.1 Å². The van der Waals surface area contributed by atoms with Gasteiger partial charge in [0, 0.05) is 6.54 Å². The number of nitrogens with one attached hydrogen (secondary N) is 2. The van der Waals surface area contributed by atoms with Gasteiger partial charge in [0.2, 0.25) is 0 Å². The second-order valence-electron chi connectivity index (χ2n) is 5.80. The SMILES string of the molecule is CCNC(=NCc1ccc(OC)c(Br)c1)NCC(C)(O)c1ccsc1.I. The molecule has 144 valence electrons. The average molecular weight is 554 g/mol. The van der Waals surface area contributed by atoms with Gasteiger partial charge in [-0.3, -0.25) is 0 Å². The lowest BCUT2D eigenvalue weighted by Gasteiger charge is -2.24. The first-order chi connectivity index (χ1) is 12.0. The summed E-state index contributed by atoms with van der Waals surface area (Å²) < 4.78 is 6.14. The van der Waals surface area contributed by atoms with E-state index < -0.39 is 5.60 Å². The first-order valence-corrected chi connectivity index (χ1v) is 9.79. The van der Waals surface area contributed by atoms with Gasteiger partial charge in [0.05, 0.1) is 24.7 Å². The second-order valence-corrected chi connectivity index (χ2v) is 7.44. The van der Waals surface area contributed by atoms with Crippen LogP contribution in [0.15, 0.2) is 44.5 Å². The summed E-state index contributed by atoms with van der Waals surface area (Å²) in [6.07, 6.45) is 0. The van der Waals surface area contributed by atoms with E-state index >= 15 is 0 Å². The van der Waals surface area contributed by atoms with E-state index in [0.717, 1.165) is 27.9 Å². The van der Waals surface area contributed by atoms with Crippen LogP contribution in [-0.4, -0.2) is 31.3 Å². The molecule has 0 fully saturated rings. The maximum absolute atomic E-state index is 10.6. The second kappa shape index (κ2) is 11.1. The van der Waals surface area contributed by atoms with Crippen molar-refractivity contribution in [2.24, 2.45) is 4.99 Å². The Balaban J connectivity index is 0.00000338. The van der Waals surface area contributed by atoms with Crippen molar-refractivity contribution in [3.05, 3.63) is 50.6 Å². The quantitative estimate of drug-likeness (QED) is 0.274. The summed E-state index contributed by atoms with van der Waals surface area (Å²) in [5.41, 5.74) is 1.02. The van der Waals surface area contributed by atoms with Gasteiger partial charge in [-0.05, 0) is 69.9 Å². The molecule has 0 saturated heterocycles. The first-order valence-electron chi connectivity index (χ1n) is 8.06. The van der Waals surface area contributed by atoms with Crippen LogP contribution in [0, 0.1) is 0 Å². The summed E-state index contributed by atoms with van der Waals surface area (Å²) in [5, 5.41) is 20.9. The Morgan fingerprint density at radius 2 is 2.12 bits per heavy atom. The zero-order valence-electron chi connectivity index (χ0n) is 15.1. The van der Waals surface area contributed by atoms with Crippen LogP contribution in [0.2, 0.25) is 0 Å². The lowest BCUT2D eigenvalue weighted by molar-refractivity contribution is 0.0621. The van der Waals surface area contributed by atoms with Crippen molar-refractivity contribution in [2.45, 2.75) is 26.0 Å². The Hall–Kier alpha value is -0.840. The van der Waals surface area contributed by atoms with E-state index in [4.69, 9.17) is 4.74 Å². The van der Waals surface area contributed by atoms with Gasteiger partial charge in [0.1, 0.15) is 11.4 Å². The molecule has 1 heterocycles. The van der Waals surface area contributed by atoms with Crippen LogP contribution in [0.5, 0.6) is 5.75 Å². The number of thiophene rings is 1. The highest BCUT2D eigenvalue weighted by atomic mass is 127. The smallest absolute Gasteiger partial charge is 0.191 e. The molecule has 1 aromatic heterocycles. The highest BCUT2D eigenvalue weighted by Gasteiger charge is 2.23. The third kappa shape index (κ3) is 6.71. The zero-order chi connectivity index (χ0) is 18.3. The van der Waals surface area contributed by atoms with E-state index in [1.807, 2.05) is 41.9 Å². The number of guanidine groups is 1. The van der Waals surface area contributed by atoms with Gasteiger partial charge in [-0.25, -0.2) is 4.99 Å². The number of nitrogens with zero attached hydrogens (tertiary/aromatic N) is 1. The number of aliphatic imine (C=N–C) groups is 1. The predicted octanol–water partition coefficient (Wildman–Crippen LogP) is 4.10. The number of halogens is 2. The van der Waals surface area contributed by atoms with Gasteiger partial charge >= 0.3 is 0 Å². The van der Waals surface area contributed by atoms with E-state index in [1.165, 1.54) is 0 Å². The number of aliphatic hydroxyl groups is 1. The topological polar surface area (TPSA) is 65.9 Å². The van der Waals surface area contributed by atoms with Gasteiger partial charge in [-0.1, -0.05) is 6.07 Å². The summed E-state index contributed by atoms with van der Waals surface area (Å²) >= 11 is 5.06. The van der Waals surface area contributed by atoms with Gasteiger partial charge in [-0.15, -0.1) is 24.0 Å². The van der Waals surface area contributed by atoms with E-state index in [0.29, 0.717) is 19.0 Å². The molecular formula is C18H25BrIN3O2S. The van der Waals surface area contributed by atoms with Gasteiger partial charge < -0.3 is 20.5 Å². The van der Waals surface area contributed by atoms with Crippen LogP contribution in [0.4, 0.5) is 0 Å². The third-order valence-electron chi connectivity index (χ3n) is 3.72. The third-order valence-corrected chi connectivity index (χ3v) is 5.03. The minimum atomic E-state index is -0.945. The summed E-state index contributed by atoms with van der Waals surface area (Å²) in [5.74, 6) is 1.47. The van der Waals surface area contributed by atoms with Crippen molar-refractivity contribution in [2.75, 3.05) is 20.2 Å². The minimum absolute atomic E-state index is 0. The van der Waals surface area contributed by atoms with Crippen LogP contribution in [0.25, 0.3) is 0 Å². The maximum atomic E-state index is 10.6. The van der Waals surface area contributed by atoms with Crippen LogP contribution in [0.1, 0.15) is 25.0 Å². The molecule has 2 rings (SSSR count). The number of ether oxygens (including phenoxy) is 1. The molecular weight excluding hydrogens is 529 g/mol. The van der Waals surface area contributed by atoms with Gasteiger partial charge in [0.25, 0.3) is 0 Å². The number of hydrogen-bond acceptors (Lipinski definition) is 4. The maximum Gasteiger partial charge on any atom is 0.191 e. The van der Waals surface area contributed by atoms with Crippen molar-refractivity contribution >= 4 is 57.2 Å². The number of rotatable bonds is 7. The van der Waals surface area contributed by atoms with Crippen molar-refractivity contribution in [1.29, 1.82) is 0 Å². The van der Waals surface area contributed by atoms with Gasteiger partial charge in [0.15, 0.2) is 5.96 Å². The summed E-state index contributed by atoms with van der Waals surface area (Å²) in [6, 6.07) is 7.83. The average Bonchev–Trinajstić information content (AvgIpc) is 3.13. The lowest BCUT2D eigenvalue weighted by atomic mass is 9.99. The van der Waals surface area contributed by atoms with E-state index in [9.17, 15) is 5.11 Å². The zero-order valence-corrected chi connectivity index (χ0v) is 19.8. The molecule has 5 nitrogen and oxygen atoms in total. The Bertz CT molecular complexity index is 708. The Morgan fingerprint density at radius 1 is 1.35 bits per heavy atom. The molecule has 8 heteroatoms. The molecule has 0 radical (unpaired) electrons. The fourth-order valence-electron chi connectivity index (χ4n) is 2.25. The molecule has 1 unspecified atom stereocenters. The number of hydrogen-bond donors (Lipinski definition) is 3. The highest BCUT2D eigenvalue weighted by molar-refractivity contribution is 14.0. The van der Waals surface area contributed by atoms with Gasteiger partial charge in [-0.2, -0.15) is 11.3 Å². The molecule has 1 aromatic carbocycles. The standard InChI is InChI=1S/C18H24BrN3O2S.HI/c1-4-20-17(22-12-18(2,23)14-7-8-25-11-14)21-10-13-5-6-16(24-3)15(19)9-13;/h5-9,11,23H,4,10,12H2,1-3H3,(H2,20,21,22);1H. The summed E-state index contributed by atoms with van der Waals surface area (Å²) in [6.45, 7) is 5.46. The van der Waals surface area contributed by atoms with E-state index in [2.05, 4.69) is 31.6 Å². The summed E-state index contributed by atoms with van der Waals surface area (Å²) in [7, 11) is 1.64. The molecule has 0 bridgehead atoms. The fourth-order valence-corrected chi connectivity index (χ4v) is 3.62. The number of benzene rings is 1. The Labute approximate surface area is 184 Å². The minimum Gasteiger partial charge on any atom is -0.496 e. The molecule has 1 atom stereocenters. The molecule has 3 N–H and O–H groups in total. The molecule has 0 saturated carbocycles. The van der Waals surface area contributed by atoms with E-state index in [1.54, 1.807) is 25.4 Å².